The summed E-state index contributed by atoms with van der Waals surface area (Å²) in [4.78, 5) is 17.2. The number of hydrogen-bond acceptors (Lipinski definition) is 4. The number of anilines is 1. The van der Waals surface area contributed by atoms with Gasteiger partial charge in [0, 0.05) is 10.2 Å². The van der Waals surface area contributed by atoms with Gasteiger partial charge in [0.2, 0.25) is 5.95 Å². The van der Waals surface area contributed by atoms with Crippen LogP contribution in [0, 0.1) is 0 Å². The van der Waals surface area contributed by atoms with Crippen molar-refractivity contribution < 1.29 is 9.53 Å². The first-order valence-corrected chi connectivity index (χ1v) is 8.68. The molecule has 1 N–H and O–H groups in total. The number of carbonyl (C=O) groups excluding carboxylic acids is 1. The van der Waals surface area contributed by atoms with Gasteiger partial charge >= 0.3 is 5.97 Å². The molecule has 126 valence electrons. The molecule has 0 saturated carbocycles. The zero-order valence-electron chi connectivity index (χ0n) is 13.8. The Hall–Kier alpha value is -2.60. The summed E-state index contributed by atoms with van der Waals surface area (Å²) in [7, 11) is 1.40. The van der Waals surface area contributed by atoms with E-state index in [0.29, 0.717) is 5.57 Å². The average Bonchev–Trinajstić information content (AvgIpc) is 2.97. The Kier molecular flexibility index (Phi) is 3.84. The highest BCUT2D eigenvalue weighted by Crippen LogP contribution is 2.39. The summed E-state index contributed by atoms with van der Waals surface area (Å²) < 4.78 is 8.07. The van der Waals surface area contributed by atoms with E-state index in [1.807, 2.05) is 55.5 Å². The van der Waals surface area contributed by atoms with Gasteiger partial charge in [-0.2, -0.15) is 0 Å². The molecule has 4 rings (SSSR count). The number of benzene rings is 2. The third-order valence-corrected chi connectivity index (χ3v) is 4.89. The minimum atomic E-state index is -0.349. The molecule has 1 aliphatic heterocycles. The van der Waals surface area contributed by atoms with E-state index in [2.05, 4.69) is 30.8 Å². The predicted octanol–water partition coefficient (Wildman–Crippen LogP) is 4.26. The van der Waals surface area contributed by atoms with Crippen molar-refractivity contribution in [1.82, 2.24) is 9.55 Å². The first kappa shape index (κ1) is 15.9. The molecule has 3 aromatic rings. The topological polar surface area (TPSA) is 56.1 Å². The molecule has 0 bridgehead atoms. The van der Waals surface area contributed by atoms with E-state index in [9.17, 15) is 4.79 Å². The second kappa shape index (κ2) is 6.04. The third kappa shape index (κ3) is 2.53. The van der Waals surface area contributed by atoms with E-state index >= 15 is 0 Å². The molecule has 0 radical (unpaired) electrons. The molecule has 0 saturated heterocycles. The van der Waals surface area contributed by atoms with Crippen LogP contribution in [0.5, 0.6) is 0 Å². The van der Waals surface area contributed by atoms with Crippen LogP contribution in [-0.2, 0) is 9.53 Å². The molecule has 25 heavy (non-hydrogen) atoms. The maximum atomic E-state index is 12.5. The van der Waals surface area contributed by atoms with Gasteiger partial charge < -0.3 is 10.1 Å². The number of halogens is 1. The highest BCUT2D eigenvalue weighted by Gasteiger charge is 2.34. The van der Waals surface area contributed by atoms with Crippen molar-refractivity contribution in [3.05, 3.63) is 69.8 Å². The number of rotatable bonds is 2. The van der Waals surface area contributed by atoms with Gasteiger partial charge in [0.15, 0.2) is 0 Å². The Morgan fingerprint density at radius 1 is 1.24 bits per heavy atom. The smallest absolute Gasteiger partial charge is 0.337 e. The number of fused-ring (bicyclic) bond motifs is 3. The summed E-state index contributed by atoms with van der Waals surface area (Å²) in [5.41, 5.74) is 4.16. The molecule has 6 heteroatoms. The zero-order valence-corrected chi connectivity index (χ0v) is 15.4. The minimum absolute atomic E-state index is 0.311. The average molecular weight is 398 g/mol. The van der Waals surface area contributed by atoms with E-state index in [4.69, 9.17) is 4.74 Å². The van der Waals surface area contributed by atoms with E-state index < -0.39 is 0 Å². The maximum absolute atomic E-state index is 12.5. The SMILES string of the molecule is COC(=O)C1=C(C)Nc2nc3ccccc3n2C1c1cccc(Br)c1. The van der Waals surface area contributed by atoms with Gasteiger partial charge in [-0.05, 0) is 36.8 Å². The minimum Gasteiger partial charge on any atom is -0.466 e. The van der Waals surface area contributed by atoms with Crippen molar-refractivity contribution >= 4 is 38.9 Å². The molecule has 1 aromatic heterocycles. The monoisotopic (exact) mass is 397 g/mol. The van der Waals surface area contributed by atoms with Crippen LogP contribution in [0.2, 0.25) is 0 Å². The van der Waals surface area contributed by atoms with Gasteiger partial charge in [-0.1, -0.05) is 40.2 Å². The second-order valence-corrected chi connectivity index (χ2v) is 6.82. The van der Waals surface area contributed by atoms with E-state index in [1.54, 1.807) is 0 Å². The number of para-hydroxylation sites is 2. The summed E-state index contributed by atoms with van der Waals surface area (Å²) in [6.45, 7) is 1.88. The number of hydrogen-bond donors (Lipinski definition) is 1. The number of nitrogens with one attached hydrogen (secondary N) is 1. The second-order valence-electron chi connectivity index (χ2n) is 5.91. The first-order chi connectivity index (χ1) is 12.1. The molecule has 1 aliphatic rings. The summed E-state index contributed by atoms with van der Waals surface area (Å²) in [5.74, 6) is 0.370. The van der Waals surface area contributed by atoms with Crippen LogP contribution < -0.4 is 5.32 Å². The fourth-order valence-electron chi connectivity index (χ4n) is 3.33. The Labute approximate surface area is 153 Å². The van der Waals surface area contributed by atoms with Crippen molar-refractivity contribution in [1.29, 1.82) is 0 Å². The number of allylic oxidation sites excluding steroid dienone is 1. The molecule has 2 heterocycles. The molecule has 0 aliphatic carbocycles. The Balaban J connectivity index is 2.03. The number of imidazole rings is 1. The molecular formula is C19H16BrN3O2. The summed E-state index contributed by atoms with van der Waals surface area (Å²) in [6.07, 6.45) is 0. The van der Waals surface area contributed by atoms with Gasteiger partial charge in [-0.15, -0.1) is 0 Å². The van der Waals surface area contributed by atoms with Crippen LogP contribution in [0.3, 0.4) is 0 Å². The molecule has 5 nitrogen and oxygen atoms in total. The lowest BCUT2D eigenvalue weighted by Gasteiger charge is -2.30. The number of carbonyl (C=O) groups is 1. The molecule has 0 fully saturated rings. The van der Waals surface area contributed by atoms with Gasteiger partial charge in [-0.3, -0.25) is 4.57 Å². The number of esters is 1. The van der Waals surface area contributed by atoms with E-state index in [0.717, 1.165) is 32.7 Å². The van der Waals surface area contributed by atoms with Crippen molar-refractivity contribution in [3.63, 3.8) is 0 Å². The Morgan fingerprint density at radius 2 is 2.04 bits per heavy atom. The third-order valence-electron chi connectivity index (χ3n) is 4.40. The van der Waals surface area contributed by atoms with Crippen molar-refractivity contribution in [2.45, 2.75) is 13.0 Å². The standard InChI is InChI=1S/C19H16BrN3O2/c1-11-16(18(24)25-2)17(12-6-5-7-13(20)10-12)23-15-9-4-3-8-14(15)22-19(23)21-11/h3-10,17H,1-2H3,(H,21,22). The molecular weight excluding hydrogens is 382 g/mol. The van der Waals surface area contributed by atoms with Crippen LogP contribution >= 0.6 is 15.9 Å². The molecule has 0 spiro atoms. The van der Waals surface area contributed by atoms with Crippen LogP contribution in [0.15, 0.2) is 64.3 Å². The zero-order chi connectivity index (χ0) is 17.6. The molecule has 1 unspecified atom stereocenters. The predicted molar refractivity (Wildman–Crippen MR) is 100 cm³/mol. The van der Waals surface area contributed by atoms with Gasteiger partial charge in [-0.25, -0.2) is 9.78 Å². The van der Waals surface area contributed by atoms with E-state index in [-0.39, 0.29) is 12.0 Å². The maximum Gasteiger partial charge on any atom is 0.337 e. The van der Waals surface area contributed by atoms with Crippen molar-refractivity contribution in [2.24, 2.45) is 0 Å². The van der Waals surface area contributed by atoms with Crippen LogP contribution in [0.4, 0.5) is 5.95 Å². The lowest BCUT2D eigenvalue weighted by Crippen LogP contribution is -2.28. The largest absolute Gasteiger partial charge is 0.466 e. The Bertz CT molecular complexity index is 1020. The fourth-order valence-corrected chi connectivity index (χ4v) is 3.75. The van der Waals surface area contributed by atoms with Gasteiger partial charge in [0.05, 0.1) is 29.8 Å². The molecule has 1 atom stereocenters. The fraction of sp³-hybridized carbons (Fsp3) is 0.158. The number of ether oxygens (including phenoxy) is 1. The van der Waals surface area contributed by atoms with Crippen molar-refractivity contribution in [3.8, 4) is 0 Å². The van der Waals surface area contributed by atoms with Gasteiger partial charge in [0.1, 0.15) is 0 Å². The molecule has 0 amide bonds. The normalized spacial score (nSPS) is 16.5. The Morgan fingerprint density at radius 3 is 2.80 bits per heavy atom. The van der Waals surface area contributed by atoms with Crippen LogP contribution in [0.1, 0.15) is 18.5 Å². The lowest BCUT2D eigenvalue weighted by molar-refractivity contribution is -0.136. The summed E-state index contributed by atoms with van der Waals surface area (Å²) in [6, 6.07) is 15.5. The summed E-state index contributed by atoms with van der Waals surface area (Å²) >= 11 is 3.53. The highest BCUT2D eigenvalue weighted by molar-refractivity contribution is 9.10. The van der Waals surface area contributed by atoms with Crippen LogP contribution in [-0.4, -0.2) is 22.6 Å². The number of methoxy groups -OCH3 is 1. The molecule has 2 aromatic carbocycles. The van der Waals surface area contributed by atoms with Gasteiger partial charge in [0.25, 0.3) is 0 Å². The highest BCUT2D eigenvalue weighted by atomic mass is 79.9. The summed E-state index contributed by atoms with van der Waals surface area (Å²) in [5, 5.41) is 3.25. The quantitative estimate of drug-likeness (QED) is 0.656. The first-order valence-electron chi connectivity index (χ1n) is 7.88. The number of aromatic nitrogens is 2. The van der Waals surface area contributed by atoms with Crippen LogP contribution in [0.25, 0.3) is 11.0 Å². The van der Waals surface area contributed by atoms with E-state index in [1.165, 1.54) is 7.11 Å². The number of nitrogens with zero attached hydrogens (tertiary/aromatic N) is 2. The van der Waals surface area contributed by atoms with Crippen molar-refractivity contribution in [2.75, 3.05) is 12.4 Å². The lowest BCUT2D eigenvalue weighted by atomic mass is 9.95.